The highest BCUT2D eigenvalue weighted by Gasteiger charge is 2.11. The fourth-order valence-corrected chi connectivity index (χ4v) is 2.00. The number of aromatic nitrogens is 1. The van der Waals surface area contributed by atoms with E-state index in [4.69, 9.17) is 4.42 Å². The summed E-state index contributed by atoms with van der Waals surface area (Å²) in [6.07, 6.45) is 0.761. The quantitative estimate of drug-likeness (QED) is 0.711. The van der Waals surface area contributed by atoms with E-state index in [2.05, 4.69) is 4.98 Å². The number of aryl methyl sites for hydroxylation is 2. The summed E-state index contributed by atoms with van der Waals surface area (Å²) in [6, 6.07) is 3.75. The van der Waals surface area contributed by atoms with Crippen molar-refractivity contribution in [3.05, 3.63) is 27.8 Å². The minimum absolute atomic E-state index is 0.492. The first-order chi connectivity index (χ1) is 6.70. The van der Waals surface area contributed by atoms with Crippen molar-refractivity contribution in [2.45, 2.75) is 13.8 Å². The van der Waals surface area contributed by atoms with E-state index in [1.807, 2.05) is 26.0 Å². The maximum absolute atomic E-state index is 10.5. The molecule has 2 rings (SSSR count). The molecular formula is C10H9NO2S. The van der Waals surface area contributed by atoms with Gasteiger partial charge in [0.25, 0.3) is 0 Å². The number of carbonyl (C=O) groups is 1. The van der Waals surface area contributed by atoms with Gasteiger partial charge in [-0.05, 0) is 26.0 Å². The molecule has 0 N–H and O–H groups in total. The average Bonchev–Trinajstić information content (AvgIpc) is 2.71. The van der Waals surface area contributed by atoms with E-state index < -0.39 is 0 Å². The SMILES string of the molecule is Cc1ccc(-c2nc(C=O)sc2C)o1. The monoisotopic (exact) mass is 207 g/mol. The molecule has 14 heavy (non-hydrogen) atoms. The molecule has 2 heterocycles. The normalized spacial score (nSPS) is 10.4. The molecule has 0 aromatic carbocycles. The molecule has 4 heteroatoms. The van der Waals surface area contributed by atoms with Gasteiger partial charge in [-0.25, -0.2) is 4.98 Å². The van der Waals surface area contributed by atoms with E-state index in [1.54, 1.807) is 0 Å². The van der Waals surface area contributed by atoms with E-state index in [9.17, 15) is 4.79 Å². The van der Waals surface area contributed by atoms with E-state index in [-0.39, 0.29) is 0 Å². The lowest BCUT2D eigenvalue weighted by molar-refractivity contribution is 0.112. The summed E-state index contributed by atoms with van der Waals surface area (Å²) in [6.45, 7) is 3.81. The van der Waals surface area contributed by atoms with Crippen LogP contribution in [-0.4, -0.2) is 11.3 Å². The number of nitrogens with zero attached hydrogens (tertiary/aromatic N) is 1. The van der Waals surface area contributed by atoms with Crippen LogP contribution in [-0.2, 0) is 0 Å². The van der Waals surface area contributed by atoms with Gasteiger partial charge in [0.05, 0.1) is 0 Å². The molecule has 2 aromatic heterocycles. The van der Waals surface area contributed by atoms with Gasteiger partial charge in [-0.1, -0.05) is 0 Å². The van der Waals surface area contributed by atoms with Crippen LogP contribution in [0.5, 0.6) is 0 Å². The molecule has 0 atom stereocenters. The van der Waals surface area contributed by atoms with Crippen molar-refractivity contribution in [2.24, 2.45) is 0 Å². The van der Waals surface area contributed by atoms with E-state index in [1.165, 1.54) is 11.3 Å². The molecule has 0 aliphatic heterocycles. The van der Waals surface area contributed by atoms with Gasteiger partial charge in [0, 0.05) is 4.88 Å². The topological polar surface area (TPSA) is 43.1 Å². The Morgan fingerprint density at radius 1 is 1.43 bits per heavy atom. The second-order valence-electron chi connectivity index (χ2n) is 2.99. The third-order valence-electron chi connectivity index (χ3n) is 1.89. The molecule has 0 spiro atoms. The van der Waals surface area contributed by atoms with Crippen LogP contribution in [0.2, 0.25) is 0 Å². The second-order valence-corrected chi connectivity index (χ2v) is 4.22. The fourth-order valence-electron chi connectivity index (χ4n) is 1.26. The van der Waals surface area contributed by atoms with E-state index >= 15 is 0 Å². The third-order valence-corrected chi connectivity index (χ3v) is 2.78. The van der Waals surface area contributed by atoms with Crippen molar-refractivity contribution in [3.63, 3.8) is 0 Å². The number of hydrogen-bond acceptors (Lipinski definition) is 4. The lowest BCUT2D eigenvalue weighted by Crippen LogP contribution is -1.78. The zero-order valence-electron chi connectivity index (χ0n) is 7.90. The lowest BCUT2D eigenvalue weighted by Gasteiger charge is -1.90. The highest BCUT2D eigenvalue weighted by Crippen LogP contribution is 2.27. The Hall–Kier alpha value is -1.42. The first kappa shape index (κ1) is 9.15. The largest absolute Gasteiger partial charge is 0.460 e. The van der Waals surface area contributed by atoms with Crippen molar-refractivity contribution >= 4 is 17.6 Å². The second kappa shape index (κ2) is 3.38. The van der Waals surface area contributed by atoms with Gasteiger partial charge in [0.15, 0.2) is 17.1 Å². The fraction of sp³-hybridized carbons (Fsp3) is 0.200. The molecular weight excluding hydrogens is 198 g/mol. The summed E-state index contributed by atoms with van der Waals surface area (Å²) in [5.74, 6) is 1.57. The smallest absolute Gasteiger partial charge is 0.178 e. The van der Waals surface area contributed by atoms with Crippen LogP contribution < -0.4 is 0 Å². The van der Waals surface area contributed by atoms with Gasteiger partial charge in [-0.3, -0.25) is 4.79 Å². The summed E-state index contributed by atoms with van der Waals surface area (Å²) < 4.78 is 5.44. The van der Waals surface area contributed by atoms with Crippen LogP contribution in [0.1, 0.15) is 20.4 Å². The van der Waals surface area contributed by atoms with Crippen LogP contribution in [0.3, 0.4) is 0 Å². The Morgan fingerprint density at radius 3 is 2.71 bits per heavy atom. The number of hydrogen-bond donors (Lipinski definition) is 0. The van der Waals surface area contributed by atoms with Crippen LogP contribution in [0, 0.1) is 13.8 Å². The molecule has 0 aliphatic rings. The van der Waals surface area contributed by atoms with Gasteiger partial charge >= 0.3 is 0 Å². The third kappa shape index (κ3) is 1.48. The van der Waals surface area contributed by atoms with E-state index in [0.29, 0.717) is 5.01 Å². The zero-order valence-corrected chi connectivity index (χ0v) is 8.72. The molecule has 0 amide bonds. The molecule has 3 nitrogen and oxygen atoms in total. The van der Waals surface area contributed by atoms with Crippen molar-refractivity contribution in [2.75, 3.05) is 0 Å². The van der Waals surface area contributed by atoms with Crippen molar-refractivity contribution in [1.29, 1.82) is 0 Å². The Balaban J connectivity index is 2.50. The summed E-state index contributed by atoms with van der Waals surface area (Å²) in [5.41, 5.74) is 0.769. The number of thiazole rings is 1. The number of rotatable bonds is 2. The summed E-state index contributed by atoms with van der Waals surface area (Å²) in [7, 11) is 0. The summed E-state index contributed by atoms with van der Waals surface area (Å²) in [4.78, 5) is 15.7. The van der Waals surface area contributed by atoms with Crippen molar-refractivity contribution in [3.8, 4) is 11.5 Å². The standard InChI is InChI=1S/C10H9NO2S/c1-6-3-4-8(13-6)10-7(2)14-9(5-12)11-10/h3-5H,1-2H3. The lowest BCUT2D eigenvalue weighted by atomic mass is 10.3. The molecule has 2 aromatic rings. The Bertz CT molecular complexity index is 470. The van der Waals surface area contributed by atoms with Gasteiger partial charge in [0.2, 0.25) is 0 Å². The molecule has 0 aliphatic carbocycles. The highest BCUT2D eigenvalue weighted by atomic mass is 32.1. The van der Waals surface area contributed by atoms with Gasteiger partial charge in [0.1, 0.15) is 11.5 Å². The van der Waals surface area contributed by atoms with Crippen LogP contribution in [0.4, 0.5) is 0 Å². The van der Waals surface area contributed by atoms with Gasteiger partial charge < -0.3 is 4.42 Å². The number of aldehydes is 1. The first-order valence-electron chi connectivity index (χ1n) is 4.20. The van der Waals surface area contributed by atoms with Crippen molar-refractivity contribution < 1.29 is 9.21 Å². The summed E-state index contributed by atoms with van der Waals surface area (Å²) >= 11 is 1.38. The van der Waals surface area contributed by atoms with Crippen LogP contribution in [0.15, 0.2) is 16.5 Å². The Kier molecular flexibility index (Phi) is 2.21. The molecule has 0 fully saturated rings. The predicted molar refractivity (Wildman–Crippen MR) is 54.7 cm³/mol. The molecule has 0 bridgehead atoms. The minimum atomic E-state index is 0.492. The van der Waals surface area contributed by atoms with Crippen molar-refractivity contribution in [1.82, 2.24) is 4.98 Å². The zero-order chi connectivity index (χ0) is 10.1. The first-order valence-corrected chi connectivity index (χ1v) is 5.02. The molecule has 0 saturated carbocycles. The number of furan rings is 1. The summed E-state index contributed by atoms with van der Waals surface area (Å²) in [5, 5.41) is 0.492. The Labute approximate surface area is 85.4 Å². The molecule has 0 unspecified atom stereocenters. The minimum Gasteiger partial charge on any atom is -0.460 e. The molecule has 0 radical (unpaired) electrons. The van der Waals surface area contributed by atoms with Gasteiger partial charge in [-0.15, -0.1) is 11.3 Å². The Morgan fingerprint density at radius 2 is 2.21 bits per heavy atom. The van der Waals surface area contributed by atoms with Crippen LogP contribution >= 0.6 is 11.3 Å². The maximum Gasteiger partial charge on any atom is 0.178 e. The molecule has 72 valence electrons. The molecule has 0 saturated heterocycles. The predicted octanol–water partition coefficient (Wildman–Crippen LogP) is 2.83. The van der Waals surface area contributed by atoms with E-state index in [0.717, 1.165) is 28.4 Å². The maximum atomic E-state index is 10.5. The highest BCUT2D eigenvalue weighted by molar-refractivity contribution is 7.13. The van der Waals surface area contributed by atoms with Gasteiger partial charge in [-0.2, -0.15) is 0 Å². The average molecular weight is 207 g/mol. The number of carbonyl (C=O) groups excluding carboxylic acids is 1. The van der Waals surface area contributed by atoms with Crippen LogP contribution in [0.25, 0.3) is 11.5 Å².